The van der Waals surface area contributed by atoms with Crippen LogP contribution in [0.1, 0.15) is 40.5 Å². The Labute approximate surface area is 332 Å². The molecule has 0 aliphatic carbocycles. The summed E-state index contributed by atoms with van der Waals surface area (Å²) < 4.78 is 38.6. The minimum Gasteiger partial charge on any atom is -0.461 e. The van der Waals surface area contributed by atoms with E-state index in [2.05, 4.69) is 71.2 Å². The topological polar surface area (TPSA) is 163 Å². The van der Waals surface area contributed by atoms with Crippen molar-refractivity contribution in [3.63, 3.8) is 0 Å². The molecule has 0 aromatic heterocycles. The number of azo groups is 2. The van der Waals surface area contributed by atoms with E-state index in [1.165, 1.54) is 38.1 Å². The Bertz CT molecular complexity index is 2490. The Balaban J connectivity index is 1.20. The quantitative estimate of drug-likeness (QED) is 0.0567. The van der Waals surface area contributed by atoms with Crippen LogP contribution in [0.5, 0.6) is 0 Å². The first-order valence-electron chi connectivity index (χ1n) is 18.5. The molecule has 1 atom stereocenters. The van der Waals surface area contributed by atoms with E-state index in [4.69, 9.17) is 14.6 Å². The second-order valence-electron chi connectivity index (χ2n) is 14.0. The van der Waals surface area contributed by atoms with Gasteiger partial charge in [-0.05, 0) is 81.8 Å². The summed E-state index contributed by atoms with van der Waals surface area (Å²) in [4.78, 5) is 23.8. The van der Waals surface area contributed by atoms with Gasteiger partial charge in [0.05, 0.1) is 27.6 Å². The van der Waals surface area contributed by atoms with Crippen molar-refractivity contribution in [1.29, 1.82) is 0 Å². The molecule has 294 valence electrons. The summed E-state index contributed by atoms with van der Waals surface area (Å²) in [7, 11) is -4.09. The molecule has 0 radical (unpaired) electrons. The summed E-state index contributed by atoms with van der Waals surface area (Å²) in [6.07, 6.45) is 2.02. The molecule has 0 fully saturated rings. The highest BCUT2D eigenvalue weighted by molar-refractivity contribution is 7.89. The highest BCUT2D eigenvalue weighted by Gasteiger charge is 2.29. The van der Waals surface area contributed by atoms with E-state index in [0.29, 0.717) is 17.1 Å². The highest BCUT2D eigenvalue weighted by Crippen LogP contribution is 2.43. The van der Waals surface area contributed by atoms with E-state index in [1.54, 1.807) is 0 Å². The molecular formula is C43H45N7O6S. The van der Waals surface area contributed by atoms with Gasteiger partial charge in [-0.25, -0.2) is 18.0 Å². The Morgan fingerprint density at radius 3 is 1.72 bits per heavy atom. The van der Waals surface area contributed by atoms with Crippen molar-refractivity contribution in [2.24, 2.45) is 20.5 Å². The predicted octanol–water partition coefficient (Wildman–Crippen LogP) is 10.4. The summed E-state index contributed by atoms with van der Waals surface area (Å²) in [6.45, 7) is 13.6. The summed E-state index contributed by atoms with van der Waals surface area (Å²) >= 11 is 0. The average molecular weight is 788 g/mol. The smallest absolute Gasteiger partial charge is 0.333 e. The third kappa shape index (κ3) is 9.25. The minimum absolute atomic E-state index is 0.0302. The number of nitrogens with zero attached hydrogens (tertiary/aromatic N) is 5. The number of carbonyl (C=O) groups excluding carboxylic acids is 2. The van der Waals surface area contributed by atoms with Crippen molar-refractivity contribution >= 4 is 77.6 Å². The molecule has 14 heteroatoms. The van der Waals surface area contributed by atoms with Crippen molar-refractivity contribution in [2.75, 3.05) is 36.9 Å². The SMILES string of the molecule is C=C(C)C(=O)OCCN(CCOC(=O)C(=C)C)S(=O)(=O)c1ccc(N=Nc2ccc(N=Nc3ccc4c5c(cccc35)NC(C)(CCC)N4)c3ccccc23)cc1. The number of benzene rings is 5. The lowest BCUT2D eigenvalue weighted by atomic mass is 9.97. The average Bonchev–Trinajstić information content (AvgIpc) is 3.19. The van der Waals surface area contributed by atoms with Crippen LogP contribution in [-0.4, -0.2) is 56.6 Å². The van der Waals surface area contributed by atoms with Crippen LogP contribution in [0.15, 0.2) is 141 Å². The van der Waals surface area contributed by atoms with E-state index in [9.17, 15) is 18.0 Å². The van der Waals surface area contributed by atoms with E-state index in [0.717, 1.165) is 55.8 Å². The van der Waals surface area contributed by atoms with Gasteiger partial charge in [-0.2, -0.15) is 9.42 Å². The second kappa shape index (κ2) is 17.3. The number of fused-ring (bicyclic) bond motifs is 1. The lowest BCUT2D eigenvalue weighted by molar-refractivity contribution is -0.139. The maximum absolute atomic E-state index is 13.7. The standard InChI is InChI=1S/C43H45N7O6S/c1-7-23-43(6)44-38-14-10-13-34-37(21-22-39(45-43)40(34)38)49-48-36-20-19-35(32-11-8-9-12-33(32)36)47-46-30-15-17-31(18-16-30)57(53,54)50(24-26-55-41(51)28(2)3)25-27-56-42(52)29(4)5/h8-22,44-45H,2,4,7,23-27H2,1,3,5-6H3. The minimum atomic E-state index is -4.09. The number of ether oxygens (including phenoxy) is 2. The van der Waals surface area contributed by atoms with E-state index < -0.39 is 22.0 Å². The van der Waals surface area contributed by atoms with Gasteiger partial charge in [0.2, 0.25) is 10.0 Å². The molecule has 0 spiro atoms. The molecule has 0 bridgehead atoms. The van der Waals surface area contributed by atoms with Gasteiger partial charge in [-0.15, -0.1) is 15.3 Å². The van der Waals surface area contributed by atoms with Gasteiger partial charge in [0.25, 0.3) is 0 Å². The van der Waals surface area contributed by atoms with Crippen LogP contribution in [0.2, 0.25) is 0 Å². The van der Waals surface area contributed by atoms with Gasteiger partial charge in [0, 0.05) is 57.2 Å². The number of anilines is 2. The molecule has 5 aromatic rings. The Hall–Kier alpha value is -6.25. The van der Waals surface area contributed by atoms with Crippen LogP contribution in [-0.2, 0) is 29.1 Å². The van der Waals surface area contributed by atoms with Gasteiger partial charge in [-0.3, -0.25) is 0 Å². The summed E-state index contributed by atoms with van der Waals surface area (Å²) in [5, 5.41) is 29.3. The van der Waals surface area contributed by atoms with Crippen LogP contribution >= 0.6 is 0 Å². The zero-order valence-corrected chi connectivity index (χ0v) is 33.2. The fraction of sp³-hybridized carbons (Fsp3) is 0.256. The molecule has 6 rings (SSSR count). The van der Waals surface area contributed by atoms with Crippen LogP contribution in [0, 0.1) is 0 Å². The van der Waals surface area contributed by atoms with Crippen LogP contribution in [0.4, 0.5) is 34.1 Å². The molecule has 1 aliphatic rings. The normalized spacial score (nSPS) is 15.2. The number of rotatable bonds is 16. The number of esters is 2. The van der Waals surface area contributed by atoms with Crippen LogP contribution in [0.3, 0.4) is 0 Å². The van der Waals surface area contributed by atoms with Crippen molar-refractivity contribution in [2.45, 2.75) is 51.1 Å². The molecule has 1 heterocycles. The van der Waals surface area contributed by atoms with Gasteiger partial charge >= 0.3 is 11.9 Å². The molecule has 13 nitrogen and oxygen atoms in total. The van der Waals surface area contributed by atoms with E-state index >= 15 is 0 Å². The second-order valence-corrected chi connectivity index (χ2v) is 15.9. The highest BCUT2D eigenvalue weighted by atomic mass is 32.2. The van der Waals surface area contributed by atoms with E-state index in [-0.39, 0.29) is 48.0 Å². The van der Waals surface area contributed by atoms with Gasteiger partial charge in [0.1, 0.15) is 18.9 Å². The first-order valence-corrected chi connectivity index (χ1v) is 20.0. The Morgan fingerprint density at radius 1 is 0.684 bits per heavy atom. The lowest BCUT2D eigenvalue weighted by Gasteiger charge is -2.39. The van der Waals surface area contributed by atoms with Gasteiger partial charge in [-0.1, -0.05) is 62.9 Å². The first-order chi connectivity index (χ1) is 27.3. The fourth-order valence-corrected chi connectivity index (χ4v) is 7.92. The van der Waals surface area contributed by atoms with Gasteiger partial charge < -0.3 is 20.1 Å². The van der Waals surface area contributed by atoms with Crippen LogP contribution < -0.4 is 10.6 Å². The number of nitrogens with one attached hydrogen (secondary N) is 2. The molecular weight excluding hydrogens is 743 g/mol. The maximum atomic E-state index is 13.7. The number of carbonyl (C=O) groups is 2. The van der Waals surface area contributed by atoms with Crippen molar-refractivity contribution < 1.29 is 27.5 Å². The molecule has 0 saturated heterocycles. The Kier molecular flexibility index (Phi) is 12.2. The molecule has 57 heavy (non-hydrogen) atoms. The maximum Gasteiger partial charge on any atom is 0.333 e. The van der Waals surface area contributed by atoms with Crippen molar-refractivity contribution in [3.05, 3.63) is 115 Å². The number of sulfonamides is 1. The lowest BCUT2D eigenvalue weighted by Crippen LogP contribution is -2.45. The molecule has 0 saturated carbocycles. The molecule has 0 amide bonds. The molecule has 1 aliphatic heterocycles. The third-order valence-corrected chi connectivity index (χ3v) is 11.2. The monoisotopic (exact) mass is 787 g/mol. The summed E-state index contributed by atoms with van der Waals surface area (Å²) in [6, 6.07) is 27.5. The van der Waals surface area contributed by atoms with Gasteiger partial charge in [0.15, 0.2) is 0 Å². The number of hydrogen-bond acceptors (Lipinski definition) is 12. The van der Waals surface area contributed by atoms with Crippen LogP contribution in [0.25, 0.3) is 21.5 Å². The largest absolute Gasteiger partial charge is 0.461 e. The third-order valence-electron chi connectivity index (χ3n) is 9.32. The summed E-state index contributed by atoms with van der Waals surface area (Å²) in [5.74, 6) is -1.28. The molecule has 1 unspecified atom stereocenters. The number of hydrogen-bond donors (Lipinski definition) is 2. The molecule has 5 aromatic carbocycles. The zero-order chi connectivity index (χ0) is 40.7. The summed E-state index contributed by atoms with van der Waals surface area (Å²) in [5.41, 5.74) is 4.68. The van der Waals surface area contributed by atoms with E-state index in [1.807, 2.05) is 48.5 Å². The Morgan fingerprint density at radius 2 is 1.18 bits per heavy atom. The zero-order valence-electron chi connectivity index (χ0n) is 32.4. The van der Waals surface area contributed by atoms with Crippen molar-refractivity contribution in [3.8, 4) is 0 Å². The first kappa shape index (κ1) is 40.4. The predicted molar refractivity (Wildman–Crippen MR) is 224 cm³/mol. The fourth-order valence-electron chi connectivity index (χ4n) is 6.51. The molecule has 2 N–H and O–H groups in total. The van der Waals surface area contributed by atoms with Crippen molar-refractivity contribution in [1.82, 2.24) is 4.31 Å².